The molecule has 3 fully saturated rings. The Morgan fingerprint density at radius 2 is 1.25 bits per heavy atom. The number of hydrogen-bond donors (Lipinski definition) is 0. The molecule has 0 aliphatic carbocycles. The number of rotatable bonds is 0. The highest BCUT2D eigenvalue weighted by atomic mass is 31.2. The minimum Gasteiger partial charge on any atom is -0.308 e. The average molecular weight is 190 g/mol. The van der Waals surface area contributed by atoms with Gasteiger partial charge in [-0.15, -0.1) is 0 Å². The van der Waals surface area contributed by atoms with Crippen molar-refractivity contribution in [2.45, 2.75) is 46.0 Å². The van der Waals surface area contributed by atoms with Crippen molar-refractivity contribution in [2.75, 3.05) is 0 Å². The molecule has 70 valence electrons. The van der Waals surface area contributed by atoms with Gasteiger partial charge in [0.2, 0.25) is 0 Å². The summed E-state index contributed by atoms with van der Waals surface area (Å²) in [6.07, 6.45) is 0.739. The van der Waals surface area contributed by atoms with Crippen LogP contribution in [0.15, 0.2) is 0 Å². The lowest BCUT2D eigenvalue weighted by Gasteiger charge is -2.54. The molecule has 3 aliphatic rings. The highest BCUT2D eigenvalue weighted by Crippen LogP contribution is 2.61. The summed E-state index contributed by atoms with van der Waals surface area (Å²) in [5.41, 5.74) is 0.0110. The van der Waals surface area contributed by atoms with Crippen LogP contribution in [0.1, 0.15) is 27.7 Å². The van der Waals surface area contributed by atoms with E-state index in [1.165, 1.54) is 0 Å². The third kappa shape index (κ3) is 0.973. The van der Waals surface area contributed by atoms with Crippen LogP contribution in [0.2, 0.25) is 0 Å². The molecule has 3 rings (SSSR count). The van der Waals surface area contributed by atoms with Gasteiger partial charge < -0.3 is 13.6 Å². The normalized spacial score (nSPS) is 59.0. The van der Waals surface area contributed by atoms with Crippen molar-refractivity contribution < 1.29 is 13.6 Å². The van der Waals surface area contributed by atoms with E-state index in [-0.39, 0.29) is 23.7 Å². The van der Waals surface area contributed by atoms with Gasteiger partial charge in [-0.1, -0.05) is 6.92 Å². The lowest BCUT2D eigenvalue weighted by atomic mass is 9.75. The molecule has 3 atom stereocenters. The van der Waals surface area contributed by atoms with Gasteiger partial charge in [-0.25, -0.2) is 0 Å². The molecule has 0 aromatic rings. The van der Waals surface area contributed by atoms with Crippen LogP contribution in [0.25, 0.3) is 0 Å². The lowest BCUT2D eigenvalue weighted by molar-refractivity contribution is -0.175. The molecule has 3 heterocycles. The Balaban J connectivity index is 2.30. The second kappa shape index (κ2) is 2.65. The smallest absolute Gasteiger partial charge is 0.308 e. The largest absolute Gasteiger partial charge is 0.333 e. The molecule has 0 N–H and O–H groups in total. The zero-order valence-electron chi connectivity index (χ0n) is 7.90. The standard InChI is InChI=1S/C8H15O3P/c1-5-8(4)6(2)10-12(9-5)11-7(8)3/h5-7H,1-4H3. The van der Waals surface area contributed by atoms with Crippen LogP contribution in [-0.2, 0) is 13.6 Å². The summed E-state index contributed by atoms with van der Waals surface area (Å²) in [6, 6.07) is 0. The summed E-state index contributed by atoms with van der Waals surface area (Å²) in [5.74, 6) is 0. The van der Waals surface area contributed by atoms with E-state index in [1.54, 1.807) is 0 Å². The monoisotopic (exact) mass is 190 g/mol. The van der Waals surface area contributed by atoms with E-state index in [9.17, 15) is 0 Å². The zero-order chi connectivity index (χ0) is 8.93. The van der Waals surface area contributed by atoms with E-state index in [0.717, 1.165) is 0 Å². The third-order valence-corrected chi connectivity index (χ3v) is 4.83. The molecule has 0 radical (unpaired) electrons. The highest BCUT2D eigenvalue weighted by Gasteiger charge is 2.55. The first-order valence-corrected chi connectivity index (χ1v) is 5.45. The van der Waals surface area contributed by atoms with Gasteiger partial charge in [0, 0.05) is 5.41 Å². The maximum atomic E-state index is 5.55. The van der Waals surface area contributed by atoms with Gasteiger partial charge in [0.15, 0.2) is 0 Å². The van der Waals surface area contributed by atoms with E-state index < -0.39 is 8.60 Å². The summed E-state index contributed by atoms with van der Waals surface area (Å²) in [5, 5.41) is 0. The topological polar surface area (TPSA) is 27.7 Å². The van der Waals surface area contributed by atoms with Crippen molar-refractivity contribution in [1.29, 1.82) is 0 Å². The predicted molar refractivity (Wildman–Crippen MR) is 46.7 cm³/mol. The lowest BCUT2D eigenvalue weighted by Crippen LogP contribution is -2.56. The summed E-state index contributed by atoms with van der Waals surface area (Å²) in [4.78, 5) is 0. The number of hydrogen-bond acceptors (Lipinski definition) is 3. The Kier molecular flexibility index (Phi) is 1.96. The fraction of sp³-hybridized carbons (Fsp3) is 1.00. The Morgan fingerprint density at radius 1 is 0.917 bits per heavy atom. The highest BCUT2D eigenvalue weighted by molar-refractivity contribution is 7.41. The molecular formula is C8H15O3P. The Hall–Kier alpha value is 0.310. The van der Waals surface area contributed by atoms with Crippen LogP contribution >= 0.6 is 8.60 Å². The molecule has 0 aromatic carbocycles. The van der Waals surface area contributed by atoms with Gasteiger partial charge in [-0.3, -0.25) is 0 Å². The fourth-order valence-electron chi connectivity index (χ4n) is 1.79. The van der Waals surface area contributed by atoms with Crippen molar-refractivity contribution in [1.82, 2.24) is 0 Å². The van der Waals surface area contributed by atoms with Crippen LogP contribution in [0, 0.1) is 5.41 Å². The molecule has 0 spiro atoms. The van der Waals surface area contributed by atoms with E-state index in [1.807, 2.05) is 0 Å². The zero-order valence-corrected chi connectivity index (χ0v) is 8.80. The van der Waals surface area contributed by atoms with Crippen LogP contribution in [-0.4, -0.2) is 18.3 Å². The van der Waals surface area contributed by atoms with E-state index in [2.05, 4.69) is 27.7 Å². The second-order valence-corrected chi connectivity index (χ2v) is 4.91. The molecule has 3 saturated heterocycles. The molecule has 12 heavy (non-hydrogen) atoms. The van der Waals surface area contributed by atoms with Crippen molar-refractivity contribution in [3.05, 3.63) is 0 Å². The minimum absolute atomic E-state index is 0.0110. The van der Waals surface area contributed by atoms with Gasteiger partial charge >= 0.3 is 8.60 Å². The summed E-state index contributed by atoms with van der Waals surface area (Å²) in [7, 11) is -1.05. The maximum Gasteiger partial charge on any atom is 0.333 e. The van der Waals surface area contributed by atoms with Gasteiger partial charge in [0.1, 0.15) is 0 Å². The predicted octanol–water partition coefficient (Wildman–Crippen LogP) is 2.46. The molecule has 0 saturated carbocycles. The maximum absolute atomic E-state index is 5.55. The minimum atomic E-state index is -1.05. The van der Waals surface area contributed by atoms with E-state index in [0.29, 0.717) is 0 Å². The van der Waals surface area contributed by atoms with Crippen LogP contribution in [0.5, 0.6) is 0 Å². The van der Waals surface area contributed by atoms with Crippen LogP contribution in [0.4, 0.5) is 0 Å². The molecule has 3 nitrogen and oxygen atoms in total. The molecular weight excluding hydrogens is 175 g/mol. The van der Waals surface area contributed by atoms with Crippen LogP contribution in [0.3, 0.4) is 0 Å². The Bertz CT molecular complexity index is 165. The molecule has 3 unspecified atom stereocenters. The molecule has 2 bridgehead atoms. The van der Waals surface area contributed by atoms with Gasteiger partial charge in [0.25, 0.3) is 0 Å². The molecule has 4 heteroatoms. The van der Waals surface area contributed by atoms with Crippen LogP contribution < -0.4 is 0 Å². The third-order valence-electron chi connectivity index (χ3n) is 3.36. The first-order valence-electron chi connectivity index (χ1n) is 4.35. The van der Waals surface area contributed by atoms with Crippen molar-refractivity contribution >= 4 is 8.60 Å². The van der Waals surface area contributed by atoms with Gasteiger partial charge in [0.05, 0.1) is 18.3 Å². The molecule has 0 aromatic heterocycles. The first-order chi connectivity index (χ1) is 5.55. The summed E-state index contributed by atoms with van der Waals surface area (Å²) in [6.45, 7) is 8.48. The molecule has 0 amide bonds. The second-order valence-electron chi connectivity index (χ2n) is 3.83. The van der Waals surface area contributed by atoms with Gasteiger partial charge in [-0.2, -0.15) is 0 Å². The van der Waals surface area contributed by atoms with Crippen molar-refractivity contribution in [2.24, 2.45) is 5.41 Å². The summed E-state index contributed by atoms with van der Waals surface area (Å²) >= 11 is 0. The van der Waals surface area contributed by atoms with E-state index >= 15 is 0 Å². The Labute approximate surface area is 74.4 Å². The average Bonchev–Trinajstić information content (AvgIpc) is 1.96. The molecule has 3 aliphatic heterocycles. The SMILES string of the molecule is CC1OP2OC(C)C1(C)C(C)O2. The Morgan fingerprint density at radius 3 is 1.50 bits per heavy atom. The fourth-order valence-corrected chi connectivity index (χ4v) is 3.40. The number of fused-ring (bicyclic) bond motifs is 3. The summed E-state index contributed by atoms with van der Waals surface area (Å²) < 4.78 is 16.6. The van der Waals surface area contributed by atoms with Crippen molar-refractivity contribution in [3.63, 3.8) is 0 Å². The van der Waals surface area contributed by atoms with E-state index in [4.69, 9.17) is 13.6 Å². The first kappa shape index (κ1) is 8.89. The quantitative estimate of drug-likeness (QED) is 0.549. The van der Waals surface area contributed by atoms with Crippen molar-refractivity contribution in [3.8, 4) is 0 Å². The van der Waals surface area contributed by atoms with Gasteiger partial charge in [-0.05, 0) is 20.8 Å².